The van der Waals surface area contributed by atoms with E-state index in [0.29, 0.717) is 6.42 Å². The van der Waals surface area contributed by atoms with Crippen molar-refractivity contribution in [1.29, 1.82) is 0 Å². The second-order valence-electron chi connectivity index (χ2n) is 11.7. The lowest BCUT2D eigenvalue weighted by atomic mass is 10.0. The molecule has 40 heavy (non-hydrogen) atoms. The van der Waals surface area contributed by atoms with Crippen LogP contribution in [0, 0.1) is 0 Å². The van der Waals surface area contributed by atoms with Crippen LogP contribution in [-0.4, -0.2) is 23.1 Å². The maximum atomic E-state index is 12.5. The summed E-state index contributed by atoms with van der Waals surface area (Å²) in [6.07, 6.45) is 39.1. The third-order valence-corrected chi connectivity index (χ3v) is 7.65. The van der Waals surface area contributed by atoms with E-state index in [-0.39, 0.29) is 18.5 Å². The van der Waals surface area contributed by atoms with E-state index in [1.54, 1.807) is 0 Å². The lowest BCUT2D eigenvalue weighted by Crippen LogP contribution is -2.17. The zero-order valence-corrected chi connectivity index (χ0v) is 26.7. The molecule has 0 saturated heterocycles. The summed E-state index contributed by atoms with van der Waals surface area (Å²) in [5.74, 6) is -0.732. The first-order valence-corrected chi connectivity index (χ1v) is 17.3. The lowest BCUT2D eigenvalue weighted by Gasteiger charge is -2.16. The second-order valence-corrected chi connectivity index (χ2v) is 11.7. The van der Waals surface area contributed by atoms with Crippen molar-refractivity contribution >= 4 is 11.9 Å². The third-order valence-electron chi connectivity index (χ3n) is 7.65. The Labute approximate surface area is 248 Å². The number of rotatable bonds is 31. The number of carboxylic acids is 1. The molecular weight excluding hydrogens is 496 g/mol. The molecule has 1 atom stereocenters. The number of carbonyl (C=O) groups excluding carboxylic acids is 1. The Bertz CT molecular complexity index is 610. The smallest absolute Gasteiger partial charge is 0.306 e. The van der Waals surface area contributed by atoms with Crippen LogP contribution in [0.25, 0.3) is 0 Å². The van der Waals surface area contributed by atoms with E-state index in [4.69, 9.17) is 9.84 Å². The number of hydrogen-bond donors (Lipinski definition) is 1. The average molecular weight is 563 g/mol. The molecule has 0 aliphatic rings. The molecular formula is C36H66O4. The topological polar surface area (TPSA) is 63.6 Å². The molecule has 4 heteroatoms. The third kappa shape index (κ3) is 31.0. The molecule has 0 amide bonds. The molecule has 0 aromatic carbocycles. The molecule has 0 aromatic heterocycles. The molecule has 0 rings (SSSR count). The van der Waals surface area contributed by atoms with E-state index in [0.717, 1.165) is 70.6 Å². The van der Waals surface area contributed by atoms with Crippen LogP contribution < -0.4 is 0 Å². The van der Waals surface area contributed by atoms with E-state index in [1.807, 2.05) is 0 Å². The molecule has 0 spiro atoms. The van der Waals surface area contributed by atoms with Crippen molar-refractivity contribution in [1.82, 2.24) is 0 Å². The van der Waals surface area contributed by atoms with E-state index in [9.17, 15) is 9.59 Å². The summed E-state index contributed by atoms with van der Waals surface area (Å²) in [5.41, 5.74) is 0. The Hall–Kier alpha value is -1.58. The predicted molar refractivity (Wildman–Crippen MR) is 172 cm³/mol. The number of esters is 1. The maximum Gasteiger partial charge on any atom is 0.306 e. The number of ether oxygens (including phenoxy) is 1. The minimum atomic E-state index is -0.700. The van der Waals surface area contributed by atoms with Gasteiger partial charge in [-0.25, -0.2) is 0 Å². The fourth-order valence-corrected chi connectivity index (χ4v) is 5.04. The van der Waals surface area contributed by atoms with E-state index in [1.165, 1.54) is 89.9 Å². The molecule has 1 N–H and O–H groups in total. The molecule has 0 heterocycles. The van der Waals surface area contributed by atoms with Gasteiger partial charge in [-0.15, -0.1) is 0 Å². The van der Waals surface area contributed by atoms with Gasteiger partial charge in [-0.2, -0.15) is 0 Å². The Morgan fingerprint density at radius 1 is 0.550 bits per heavy atom. The zero-order valence-electron chi connectivity index (χ0n) is 26.7. The monoisotopic (exact) mass is 562 g/mol. The van der Waals surface area contributed by atoms with Gasteiger partial charge in [-0.1, -0.05) is 128 Å². The highest BCUT2D eigenvalue weighted by Crippen LogP contribution is 2.16. The SMILES string of the molecule is CCCCC/C=C\CC(CCCCCCCCC(=O)O)OC(=O)CCCCCCC/C=C\CCCCCCCC. The molecule has 0 fully saturated rings. The van der Waals surface area contributed by atoms with Gasteiger partial charge in [0.2, 0.25) is 0 Å². The van der Waals surface area contributed by atoms with Gasteiger partial charge in [0.25, 0.3) is 0 Å². The number of unbranched alkanes of at least 4 members (excludes halogenated alkanes) is 19. The van der Waals surface area contributed by atoms with Crippen LogP contribution in [0.1, 0.15) is 187 Å². The van der Waals surface area contributed by atoms with Crippen molar-refractivity contribution in [2.24, 2.45) is 0 Å². The first-order valence-electron chi connectivity index (χ1n) is 17.3. The van der Waals surface area contributed by atoms with Crippen LogP contribution in [0.3, 0.4) is 0 Å². The second kappa shape index (κ2) is 31.9. The van der Waals surface area contributed by atoms with Crippen LogP contribution in [-0.2, 0) is 14.3 Å². The first-order chi connectivity index (χ1) is 19.6. The van der Waals surface area contributed by atoms with Gasteiger partial charge in [0.15, 0.2) is 0 Å². The number of carbonyl (C=O) groups is 2. The summed E-state index contributed by atoms with van der Waals surface area (Å²) in [4.78, 5) is 23.1. The maximum absolute atomic E-state index is 12.5. The van der Waals surface area contributed by atoms with Gasteiger partial charge in [-0.05, 0) is 64.2 Å². The molecule has 0 radical (unpaired) electrons. The summed E-state index contributed by atoms with van der Waals surface area (Å²) in [7, 11) is 0. The van der Waals surface area contributed by atoms with Crippen molar-refractivity contribution in [3.8, 4) is 0 Å². The van der Waals surface area contributed by atoms with E-state index in [2.05, 4.69) is 38.2 Å². The van der Waals surface area contributed by atoms with Crippen LogP contribution in [0.15, 0.2) is 24.3 Å². The van der Waals surface area contributed by atoms with Gasteiger partial charge in [0.1, 0.15) is 6.10 Å². The molecule has 0 aliphatic carbocycles. The molecule has 0 aromatic rings. The molecule has 0 bridgehead atoms. The van der Waals surface area contributed by atoms with Crippen molar-refractivity contribution in [3.05, 3.63) is 24.3 Å². The quantitative estimate of drug-likeness (QED) is 0.0518. The average Bonchev–Trinajstić information content (AvgIpc) is 2.93. The van der Waals surface area contributed by atoms with Crippen molar-refractivity contribution in [2.45, 2.75) is 193 Å². The van der Waals surface area contributed by atoms with Gasteiger partial charge in [0.05, 0.1) is 0 Å². The van der Waals surface area contributed by atoms with E-state index >= 15 is 0 Å². The summed E-state index contributed by atoms with van der Waals surface area (Å²) in [6.45, 7) is 4.49. The standard InChI is InChI=1S/C36H66O4/c1-3-5-7-9-11-12-13-14-15-16-17-18-19-25-29-33-36(39)40-34(30-26-22-10-8-6-4-2)31-27-23-20-21-24-28-32-35(37)38/h14-15,22,26,34H,3-13,16-21,23-25,27-33H2,1-2H3,(H,37,38)/b15-14-,26-22-. The summed E-state index contributed by atoms with van der Waals surface area (Å²) in [5, 5.41) is 8.73. The van der Waals surface area contributed by atoms with Crippen LogP contribution in [0.2, 0.25) is 0 Å². The first kappa shape index (κ1) is 38.4. The molecule has 1 unspecified atom stereocenters. The van der Waals surface area contributed by atoms with Crippen LogP contribution in [0.5, 0.6) is 0 Å². The highest BCUT2D eigenvalue weighted by atomic mass is 16.5. The van der Waals surface area contributed by atoms with E-state index < -0.39 is 5.97 Å². The van der Waals surface area contributed by atoms with Gasteiger partial charge in [0, 0.05) is 19.3 Å². The number of allylic oxidation sites excluding steroid dienone is 3. The van der Waals surface area contributed by atoms with Crippen LogP contribution >= 0.6 is 0 Å². The van der Waals surface area contributed by atoms with Crippen molar-refractivity contribution in [3.63, 3.8) is 0 Å². The Balaban J connectivity index is 3.98. The number of carboxylic acid groups (broad SMARTS) is 1. The molecule has 0 saturated carbocycles. The summed E-state index contributed by atoms with van der Waals surface area (Å²) in [6, 6.07) is 0. The number of aliphatic carboxylic acids is 1. The Morgan fingerprint density at radius 2 is 0.975 bits per heavy atom. The minimum Gasteiger partial charge on any atom is -0.481 e. The fraction of sp³-hybridized carbons (Fsp3) is 0.833. The predicted octanol–water partition coefficient (Wildman–Crippen LogP) is 11.7. The minimum absolute atomic E-state index is 0.00920. The number of hydrogen-bond acceptors (Lipinski definition) is 3. The zero-order chi connectivity index (χ0) is 29.4. The highest BCUT2D eigenvalue weighted by Gasteiger charge is 2.13. The molecule has 4 nitrogen and oxygen atoms in total. The lowest BCUT2D eigenvalue weighted by molar-refractivity contribution is -0.149. The van der Waals surface area contributed by atoms with Gasteiger partial charge >= 0.3 is 11.9 Å². The van der Waals surface area contributed by atoms with Crippen molar-refractivity contribution < 1.29 is 19.4 Å². The fourth-order valence-electron chi connectivity index (χ4n) is 5.04. The summed E-state index contributed by atoms with van der Waals surface area (Å²) >= 11 is 0. The Morgan fingerprint density at radius 3 is 1.55 bits per heavy atom. The van der Waals surface area contributed by atoms with Gasteiger partial charge < -0.3 is 9.84 Å². The van der Waals surface area contributed by atoms with Crippen molar-refractivity contribution in [2.75, 3.05) is 0 Å². The summed E-state index contributed by atoms with van der Waals surface area (Å²) < 4.78 is 5.90. The molecule has 0 aliphatic heterocycles. The Kier molecular flexibility index (Phi) is 30.7. The normalized spacial score (nSPS) is 12.4. The molecule has 234 valence electrons. The largest absolute Gasteiger partial charge is 0.481 e. The van der Waals surface area contributed by atoms with Gasteiger partial charge in [-0.3, -0.25) is 9.59 Å². The highest BCUT2D eigenvalue weighted by molar-refractivity contribution is 5.69. The van der Waals surface area contributed by atoms with Crippen LogP contribution in [0.4, 0.5) is 0 Å².